The van der Waals surface area contributed by atoms with E-state index in [4.69, 9.17) is 0 Å². The number of piperidine rings is 1. The van der Waals surface area contributed by atoms with Crippen LogP contribution in [0.3, 0.4) is 0 Å². The Morgan fingerprint density at radius 3 is 2.43 bits per heavy atom. The van der Waals surface area contributed by atoms with Gasteiger partial charge in [-0.2, -0.15) is 0 Å². The van der Waals surface area contributed by atoms with Gasteiger partial charge in [-0.25, -0.2) is 4.39 Å². The topological polar surface area (TPSA) is 9.72 Å². The average Bonchev–Trinajstić information content (AvgIpc) is 2.56. The lowest BCUT2D eigenvalue weighted by Gasteiger charge is -2.42. The first-order chi connectivity index (χ1) is 11.1. The van der Waals surface area contributed by atoms with E-state index in [9.17, 15) is 4.39 Å². The molecule has 4 heteroatoms. The molecule has 3 rings (SSSR count). The fourth-order valence-corrected chi connectivity index (χ4v) is 4.01. The molecule has 0 unspecified atom stereocenters. The van der Waals surface area contributed by atoms with Gasteiger partial charge in [-0.15, -0.1) is 0 Å². The van der Waals surface area contributed by atoms with Crippen molar-refractivity contribution in [3.05, 3.63) is 35.6 Å². The van der Waals surface area contributed by atoms with Crippen LogP contribution >= 0.6 is 0 Å². The molecule has 0 N–H and O–H groups in total. The number of hydrogen-bond donors (Lipinski definition) is 0. The quantitative estimate of drug-likeness (QED) is 0.845. The first-order valence-electron chi connectivity index (χ1n) is 9.01. The van der Waals surface area contributed by atoms with Crippen LogP contribution < -0.4 is 0 Å². The molecule has 0 amide bonds. The Balaban J connectivity index is 1.46. The van der Waals surface area contributed by atoms with E-state index in [1.807, 2.05) is 12.1 Å². The van der Waals surface area contributed by atoms with Crippen molar-refractivity contribution in [2.75, 3.05) is 46.3 Å². The van der Waals surface area contributed by atoms with Gasteiger partial charge in [0.15, 0.2) is 0 Å². The molecule has 2 saturated heterocycles. The van der Waals surface area contributed by atoms with Crippen LogP contribution in [-0.4, -0.2) is 67.1 Å². The fraction of sp³-hybridized carbons (Fsp3) is 0.684. The van der Waals surface area contributed by atoms with E-state index in [1.165, 1.54) is 45.1 Å². The second kappa shape index (κ2) is 7.73. The second-order valence-corrected chi connectivity index (χ2v) is 7.32. The van der Waals surface area contributed by atoms with E-state index in [2.05, 4.69) is 28.7 Å². The smallest absolute Gasteiger partial charge is 0.123 e. The molecule has 3 nitrogen and oxygen atoms in total. The molecule has 0 bridgehead atoms. The largest absolute Gasteiger partial charge is 0.304 e. The lowest BCUT2D eigenvalue weighted by Crippen LogP contribution is -2.51. The number of hydrogen-bond acceptors (Lipinski definition) is 3. The van der Waals surface area contributed by atoms with Crippen molar-refractivity contribution < 1.29 is 4.39 Å². The highest BCUT2D eigenvalue weighted by Crippen LogP contribution is 2.25. The minimum atomic E-state index is -0.124. The van der Waals surface area contributed by atoms with Crippen LogP contribution in [0.2, 0.25) is 0 Å². The third-order valence-electron chi connectivity index (χ3n) is 5.72. The highest BCUT2D eigenvalue weighted by atomic mass is 19.1. The van der Waals surface area contributed by atoms with Crippen LogP contribution in [0.15, 0.2) is 24.3 Å². The van der Waals surface area contributed by atoms with Gasteiger partial charge < -0.3 is 4.90 Å². The zero-order valence-electron chi connectivity index (χ0n) is 14.5. The van der Waals surface area contributed by atoms with Gasteiger partial charge in [0.1, 0.15) is 5.82 Å². The number of piperazine rings is 1. The average molecular weight is 319 g/mol. The third-order valence-corrected chi connectivity index (χ3v) is 5.72. The zero-order valence-corrected chi connectivity index (χ0v) is 14.5. The molecule has 2 aliphatic rings. The first kappa shape index (κ1) is 16.9. The van der Waals surface area contributed by atoms with Crippen LogP contribution in [-0.2, 0) is 6.54 Å². The molecule has 23 heavy (non-hydrogen) atoms. The lowest BCUT2D eigenvalue weighted by molar-refractivity contribution is 0.0598. The summed E-state index contributed by atoms with van der Waals surface area (Å²) in [7, 11) is 2.22. The van der Waals surface area contributed by atoms with E-state index in [0.717, 1.165) is 31.1 Å². The monoisotopic (exact) mass is 319 g/mol. The number of benzene rings is 1. The number of rotatable bonds is 4. The molecular formula is C19H30FN3. The van der Waals surface area contributed by atoms with Crippen molar-refractivity contribution in [1.29, 1.82) is 0 Å². The molecule has 1 atom stereocenters. The molecule has 0 radical (unpaired) electrons. The maximum atomic E-state index is 13.3. The van der Waals surface area contributed by atoms with Crippen molar-refractivity contribution in [3.63, 3.8) is 0 Å². The predicted molar refractivity (Wildman–Crippen MR) is 92.9 cm³/mol. The Morgan fingerprint density at radius 2 is 1.78 bits per heavy atom. The van der Waals surface area contributed by atoms with E-state index >= 15 is 0 Å². The second-order valence-electron chi connectivity index (χ2n) is 7.32. The Morgan fingerprint density at radius 1 is 1.09 bits per heavy atom. The fourth-order valence-electron chi connectivity index (χ4n) is 4.01. The molecule has 1 aromatic rings. The van der Waals surface area contributed by atoms with E-state index in [0.29, 0.717) is 6.04 Å². The molecule has 2 aliphatic heterocycles. The maximum absolute atomic E-state index is 13.3. The summed E-state index contributed by atoms with van der Waals surface area (Å²) in [4.78, 5) is 7.57. The van der Waals surface area contributed by atoms with E-state index < -0.39 is 0 Å². The molecule has 128 valence electrons. The molecule has 0 aromatic heterocycles. The minimum absolute atomic E-state index is 0.124. The van der Waals surface area contributed by atoms with Gasteiger partial charge in [0.05, 0.1) is 0 Å². The summed E-state index contributed by atoms with van der Waals surface area (Å²) in [5.74, 6) is 0.684. The van der Waals surface area contributed by atoms with Gasteiger partial charge in [0.2, 0.25) is 0 Å². The number of nitrogens with zero attached hydrogens (tertiary/aromatic N) is 3. The van der Waals surface area contributed by atoms with E-state index in [-0.39, 0.29) is 5.82 Å². The number of halogens is 1. The normalized spacial score (nSPS) is 24.0. The van der Waals surface area contributed by atoms with Crippen molar-refractivity contribution in [1.82, 2.24) is 14.7 Å². The lowest BCUT2D eigenvalue weighted by atomic mass is 9.89. The molecular weight excluding hydrogens is 289 g/mol. The Bertz CT molecular complexity index is 491. The van der Waals surface area contributed by atoms with Crippen LogP contribution in [0.5, 0.6) is 0 Å². The van der Waals surface area contributed by atoms with Gasteiger partial charge in [-0.3, -0.25) is 9.80 Å². The predicted octanol–water partition coefficient (Wildman–Crippen LogP) is 2.67. The molecule has 0 saturated carbocycles. The zero-order chi connectivity index (χ0) is 16.2. The highest BCUT2D eigenvalue weighted by Gasteiger charge is 2.29. The summed E-state index contributed by atoms with van der Waals surface area (Å²) in [5.41, 5.74) is 1.09. The Kier molecular flexibility index (Phi) is 5.67. The van der Waals surface area contributed by atoms with Gasteiger partial charge in [0, 0.05) is 38.8 Å². The summed E-state index contributed by atoms with van der Waals surface area (Å²) in [6.45, 7) is 10.4. The number of likely N-dealkylation sites (tertiary alicyclic amines) is 1. The van der Waals surface area contributed by atoms with E-state index in [1.54, 1.807) is 6.07 Å². The minimum Gasteiger partial charge on any atom is -0.304 e. The number of likely N-dealkylation sites (N-methyl/N-ethyl adjacent to an activating group) is 1. The van der Waals surface area contributed by atoms with Gasteiger partial charge in [-0.05, 0) is 63.5 Å². The Hall–Kier alpha value is -0.970. The summed E-state index contributed by atoms with van der Waals surface area (Å²) in [6, 6.07) is 7.72. The SMILES string of the molecule is C[C@@H](C1CCN(Cc2cccc(F)c2)CC1)N1CCN(C)CC1. The van der Waals surface area contributed by atoms with Crippen LogP contribution in [0.4, 0.5) is 4.39 Å². The maximum Gasteiger partial charge on any atom is 0.123 e. The van der Waals surface area contributed by atoms with Crippen molar-refractivity contribution in [2.45, 2.75) is 32.4 Å². The Labute approximate surface area is 140 Å². The van der Waals surface area contributed by atoms with Crippen molar-refractivity contribution in [2.24, 2.45) is 5.92 Å². The van der Waals surface area contributed by atoms with Crippen molar-refractivity contribution in [3.8, 4) is 0 Å². The summed E-state index contributed by atoms with van der Waals surface area (Å²) in [6.07, 6.45) is 2.53. The highest BCUT2D eigenvalue weighted by molar-refractivity contribution is 5.16. The molecule has 2 heterocycles. The summed E-state index contributed by atoms with van der Waals surface area (Å²) >= 11 is 0. The third kappa shape index (κ3) is 4.52. The molecule has 2 fully saturated rings. The molecule has 0 spiro atoms. The van der Waals surface area contributed by atoms with Crippen LogP contribution in [0.1, 0.15) is 25.3 Å². The van der Waals surface area contributed by atoms with Gasteiger partial charge in [-0.1, -0.05) is 12.1 Å². The molecule has 1 aromatic carbocycles. The van der Waals surface area contributed by atoms with Crippen LogP contribution in [0.25, 0.3) is 0 Å². The van der Waals surface area contributed by atoms with Gasteiger partial charge in [0.25, 0.3) is 0 Å². The van der Waals surface area contributed by atoms with Crippen LogP contribution in [0, 0.1) is 11.7 Å². The van der Waals surface area contributed by atoms with Gasteiger partial charge >= 0.3 is 0 Å². The molecule has 0 aliphatic carbocycles. The summed E-state index contributed by atoms with van der Waals surface area (Å²) in [5, 5.41) is 0. The van der Waals surface area contributed by atoms with Crippen molar-refractivity contribution >= 4 is 0 Å². The standard InChI is InChI=1S/C19H30FN3/c1-16(23-12-10-21(2)11-13-23)18-6-8-22(9-7-18)15-17-4-3-5-19(20)14-17/h3-5,14,16,18H,6-13,15H2,1-2H3/t16-/m0/s1. The first-order valence-corrected chi connectivity index (χ1v) is 9.01. The summed E-state index contributed by atoms with van der Waals surface area (Å²) < 4.78 is 13.3.